The second kappa shape index (κ2) is 6.75. The molecule has 106 valence electrons. The minimum atomic E-state index is -0.516. The summed E-state index contributed by atoms with van der Waals surface area (Å²) in [7, 11) is 0. The van der Waals surface area contributed by atoms with Gasteiger partial charge in [0.2, 0.25) is 0 Å². The monoisotopic (exact) mass is 274 g/mol. The molecule has 0 radical (unpaired) electrons. The Morgan fingerprint density at radius 1 is 1.35 bits per heavy atom. The fourth-order valence-corrected chi connectivity index (χ4v) is 1.74. The third-order valence-corrected chi connectivity index (χ3v) is 2.59. The van der Waals surface area contributed by atoms with Crippen molar-refractivity contribution in [1.82, 2.24) is 10.5 Å². The van der Waals surface area contributed by atoms with E-state index in [1.807, 2.05) is 12.1 Å². The zero-order valence-electron chi connectivity index (χ0n) is 11.6. The van der Waals surface area contributed by atoms with Gasteiger partial charge in [-0.2, -0.15) is 0 Å². The van der Waals surface area contributed by atoms with Gasteiger partial charge in [-0.05, 0) is 24.5 Å². The molecule has 1 heterocycles. The van der Waals surface area contributed by atoms with E-state index in [2.05, 4.69) is 24.3 Å². The zero-order chi connectivity index (χ0) is 14.4. The van der Waals surface area contributed by atoms with Crippen molar-refractivity contribution in [3.05, 3.63) is 47.9 Å². The zero-order valence-corrected chi connectivity index (χ0v) is 11.6. The van der Waals surface area contributed by atoms with Crippen LogP contribution in [0.25, 0.3) is 0 Å². The Morgan fingerprint density at radius 2 is 2.10 bits per heavy atom. The number of amides is 1. The standard InChI is InChI=1S/C15H18N2O3/c1-11(2)8-12-9-14(20-17-12)10-16-15(18)19-13-6-4-3-5-7-13/h3-7,9,11H,8,10H2,1-2H3,(H,16,18). The van der Waals surface area contributed by atoms with Crippen LogP contribution in [0.1, 0.15) is 25.3 Å². The topological polar surface area (TPSA) is 64.4 Å². The van der Waals surface area contributed by atoms with E-state index in [0.29, 0.717) is 17.4 Å². The third kappa shape index (κ3) is 4.42. The first-order valence-corrected chi connectivity index (χ1v) is 6.58. The Hall–Kier alpha value is -2.30. The van der Waals surface area contributed by atoms with Crippen molar-refractivity contribution >= 4 is 6.09 Å². The number of ether oxygens (including phenoxy) is 1. The molecule has 2 rings (SSSR count). The van der Waals surface area contributed by atoms with Crippen molar-refractivity contribution in [3.63, 3.8) is 0 Å². The smallest absolute Gasteiger partial charge is 0.410 e. The largest absolute Gasteiger partial charge is 0.412 e. The van der Waals surface area contributed by atoms with Crippen molar-refractivity contribution in [2.24, 2.45) is 5.92 Å². The lowest BCUT2D eigenvalue weighted by atomic mass is 10.1. The summed E-state index contributed by atoms with van der Waals surface area (Å²) in [5, 5.41) is 6.57. The molecule has 1 aromatic carbocycles. The normalized spacial score (nSPS) is 10.6. The van der Waals surface area contributed by atoms with Crippen LogP contribution in [0.3, 0.4) is 0 Å². The van der Waals surface area contributed by atoms with Crippen LogP contribution >= 0.6 is 0 Å². The van der Waals surface area contributed by atoms with Crippen LogP contribution < -0.4 is 10.1 Å². The minimum Gasteiger partial charge on any atom is -0.410 e. The number of hydrogen-bond acceptors (Lipinski definition) is 4. The third-order valence-electron chi connectivity index (χ3n) is 2.59. The molecule has 0 aliphatic carbocycles. The van der Waals surface area contributed by atoms with E-state index in [1.165, 1.54) is 0 Å². The van der Waals surface area contributed by atoms with Crippen LogP contribution in [-0.4, -0.2) is 11.2 Å². The fraction of sp³-hybridized carbons (Fsp3) is 0.333. The van der Waals surface area contributed by atoms with E-state index in [4.69, 9.17) is 9.26 Å². The van der Waals surface area contributed by atoms with Crippen LogP contribution in [0, 0.1) is 5.92 Å². The summed E-state index contributed by atoms with van der Waals surface area (Å²) < 4.78 is 10.2. The molecule has 0 bridgehead atoms. The van der Waals surface area contributed by atoms with E-state index in [1.54, 1.807) is 24.3 Å². The van der Waals surface area contributed by atoms with Gasteiger partial charge in [0.25, 0.3) is 0 Å². The summed E-state index contributed by atoms with van der Waals surface area (Å²) >= 11 is 0. The van der Waals surface area contributed by atoms with Gasteiger partial charge in [-0.3, -0.25) is 0 Å². The maximum atomic E-state index is 11.6. The van der Waals surface area contributed by atoms with Crippen molar-refractivity contribution in [2.75, 3.05) is 0 Å². The Bertz CT molecular complexity index is 549. The highest BCUT2D eigenvalue weighted by Crippen LogP contribution is 2.10. The van der Waals surface area contributed by atoms with Gasteiger partial charge in [-0.25, -0.2) is 4.79 Å². The Morgan fingerprint density at radius 3 is 2.80 bits per heavy atom. The number of carbonyl (C=O) groups is 1. The van der Waals surface area contributed by atoms with Crippen molar-refractivity contribution in [2.45, 2.75) is 26.8 Å². The molecule has 0 saturated heterocycles. The number of carbonyl (C=O) groups excluding carboxylic acids is 1. The first kappa shape index (κ1) is 14.1. The molecular weight excluding hydrogens is 256 g/mol. The average Bonchev–Trinajstić information content (AvgIpc) is 2.84. The summed E-state index contributed by atoms with van der Waals surface area (Å²) in [6.07, 6.45) is 0.343. The molecule has 1 amide bonds. The first-order valence-electron chi connectivity index (χ1n) is 6.58. The average molecular weight is 274 g/mol. The number of rotatable bonds is 5. The van der Waals surface area contributed by atoms with Crippen LogP contribution in [-0.2, 0) is 13.0 Å². The summed E-state index contributed by atoms with van der Waals surface area (Å²) in [5.74, 6) is 1.64. The predicted molar refractivity (Wildman–Crippen MR) is 74.4 cm³/mol. The van der Waals surface area contributed by atoms with Gasteiger partial charge in [0.15, 0.2) is 5.76 Å². The van der Waals surface area contributed by atoms with E-state index in [9.17, 15) is 4.79 Å². The highest BCUT2D eigenvalue weighted by atomic mass is 16.6. The van der Waals surface area contributed by atoms with Gasteiger partial charge in [0.05, 0.1) is 12.2 Å². The molecule has 0 saturated carbocycles. The number of nitrogens with zero attached hydrogens (tertiary/aromatic N) is 1. The highest BCUT2D eigenvalue weighted by molar-refractivity contribution is 5.70. The molecule has 0 aliphatic rings. The highest BCUT2D eigenvalue weighted by Gasteiger charge is 2.08. The predicted octanol–water partition coefficient (Wildman–Crippen LogP) is 3.16. The number of aromatic nitrogens is 1. The Labute approximate surface area is 117 Å². The van der Waals surface area contributed by atoms with E-state index < -0.39 is 6.09 Å². The van der Waals surface area contributed by atoms with Crippen LogP contribution in [0.5, 0.6) is 5.75 Å². The number of para-hydroxylation sites is 1. The number of benzene rings is 1. The van der Waals surface area contributed by atoms with Gasteiger partial charge in [-0.15, -0.1) is 0 Å². The Kier molecular flexibility index (Phi) is 4.76. The van der Waals surface area contributed by atoms with Crippen LogP contribution in [0.2, 0.25) is 0 Å². The SMILES string of the molecule is CC(C)Cc1cc(CNC(=O)Oc2ccccc2)on1. The fourth-order valence-electron chi connectivity index (χ4n) is 1.74. The lowest BCUT2D eigenvalue weighted by Crippen LogP contribution is -2.26. The molecule has 0 spiro atoms. The van der Waals surface area contributed by atoms with Gasteiger partial charge >= 0.3 is 6.09 Å². The molecular formula is C15H18N2O3. The molecule has 0 fully saturated rings. The molecule has 2 aromatic rings. The first-order chi connectivity index (χ1) is 9.63. The Balaban J connectivity index is 1.80. The molecule has 0 unspecified atom stereocenters. The van der Waals surface area contributed by atoms with Crippen molar-refractivity contribution in [1.29, 1.82) is 0 Å². The van der Waals surface area contributed by atoms with E-state index >= 15 is 0 Å². The molecule has 5 nitrogen and oxygen atoms in total. The summed E-state index contributed by atoms with van der Waals surface area (Å²) in [6, 6.07) is 10.7. The van der Waals surface area contributed by atoms with Crippen LogP contribution in [0.15, 0.2) is 40.9 Å². The second-order valence-electron chi connectivity index (χ2n) is 4.94. The van der Waals surface area contributed by atoms with Gasteiger partial charge in [0.1, 0.15) is 5.75 Å². The van der Waals surface area contributed by atoms with Crippen molar-refractivity contribution < 1.29 is 14.1 Å². The summed E-state index contributed by atoms with van der Waals surface area (Å²) in [5.41, 5.74) is 0.897. The van der Waals surface area contributed by atoms with Gasteiger partial charge in [0, 0.05) is 6.07 Å². The number of nitrogens with one attached hydrogen (secondary N) is 1. The molecule has 20 heavy (non-hydrogen) atoms. The molecule has 0 atom stereocenters. The lowest BCUT2D eigenvalue weighted by molar-refractivity contribution is 0.198. The lowest BCUT2D eigenvalue weighted by Gasteiger charge is -2.04. The van der Waals surface area contributed by atoms with E-state index in [0.717, 1.165) is 12.1 Å². The summed E-state index contributed by atoms with van der Waals surface area (Å²) in [4.78, 5) is 11.6. The molecule has 0 aliphatic heterocycles. The van der Waals surface area contributed by atoms with E-state index in [-0.39, 0.29) is 6.54 Å². The van der Waals surface area contributed by atoms with Crippen molar-refractivity contribution in [3.8, 4) is 5.75 Å². The number of hydrogen-bond donors (Lipinski definition) is 1. The minimum absolute atomic E-state index is 0.261. The molecule has 1 N–H and O–H groups in total. The van der Waals surface area contributed by atoms with Gasteiger partial charge < -0.3 is 14.6 Å². The maximum Gasteiger partial charge on any atom is 0.412 e. The molecule has 1 aromatic heterocycles. The second-order valence-corrected chi connectivity index (χ2v) is 4.94. The quantitative estimate of drug-likeness (QED) is 0.909. The van der Waals surface area contributed by atoms with Gasteiger partial charge in [-0.1, -0.05) is 37.2 Å². The summed E-state index contributed by atoms with van der Waals surface area (Å²) in [6.45, 7) is 4.49. The molecule has 5 heteroatoms. The maximum absolute atomic E-state index is 11.6. The van der Waals surface area contributed by atoms with Crippen LogP contribution in [0.4, 0.5) is 4.79 Å².